The normalized spacial score (nSPS) is 13.1. The number of carbonyl (C=O) groups excluding carboxylic acids is 2. The molecule has 0 bridgehead atoms. The van der Waals surface area contributed by atoms with Gasteiger partial charge in [-0.25, -0.2) is 0 Å². The molecule has 0 unspecified atom stereocenters. The van der Waals surface area contributed by atoms with Gasteiger partial charge in [-0.1, -0.05) is 61.9 Å². The highest BCUT2D eigenvalue weighted by Crippen LogP contribution is 2.30. The molecule has 27 heavy (non-hydrogen) atoms. The molecule has 1 heterocycles. The Bertz CT molecular complexity index is 1020. The quantitative estimate of drug-likeness (QED) is 0.709. The van der Waals surface area contributed by atoms with Gasteiger partial charge in [0.15, 0.2) is 0 Å². The molecule has 4 heteroatoms. The summed E-state index contributed by atoms with van der Waals surface area (Å²) in [6.45, 7) is 3.48. The first-order chi connectivity index (χ1) is 13.2. The van der Waals surface area contributed by atoms with Crippen LogP contribution < -0.4 is 5.32 Å². The lowest BCUT2D eigenvalue weighted by molar-refractivity contribution is 0.0777. The summed E-state index contributed by atoms with van der Waals surface area (Å²) >= 11 is 0. The molecule has 2 amide bonds. The minimum Gasteiger partial charge on any atom is -0.334 e. The maximum absolute atomic E-state index is 13.0. The van der Waals surface area contributed by atoms with Crippen molar-refractivity contribution in [3.8, 4) is 0 Å². The summed E-state index contributed by atoms with van der Waals surface area (Å²) in [6, 6.07) is 19.2. The Morgan fingerprint density at radius 1 is 1.04 bits per heavy atom. The number of hydrogen-bond acceptors (Lipinski definition) is 2. The fraction of sp³-hybridized carbons (Fsp3) is 0.217. The maximum Gasteiger partial charge on any atom is 0.256 e. The van der Waals surface area contributed by atoms with Gasteiger partial charge in [-0.3, -0.25) is 9.59 Å². The van der Waals surface area contributed by atoms with Crippen molar-refractivity contribution >= 4 is 28.3 Å². The maximum atomic E-state index is 13.0. The summed E-state index contributed by atoms with van der Waals surface area (Å²) in [7, 11) is 0. The number of carbonyl (C=O) groups is 2. The highest BCUT2D eigenvalue weighted by atomic mass is 16.2. The third-order valence-corrected chi connectivity index (χ3v) is 5.08. The second-order valence-corrected chi connectivity index (χ2v) is 6.90. The van der Waals surface area contributed by atoms with E-state index in [0.717, 1.165) is 35.7 Å². The number of anilines is 1. The smallest absolute Gasteiger partial charge is 0.256 e. The van der Waals surface area contributed by atoms with E-state index in [1.165, 1.54) is 0 Å². The van der Waals surface area contributed by atoms with E-state index in [2.05, 4.69) is 12.2 Å². The van der Waals surface area contributed by atoms with E-state index in [1.54, 1.807) is 0 Å². The van der Waals surface area contributed by atoms with E-state index in [0.29, 0.717) is 23.4 Å². The number of nitrogens with one attached hydrogen (secondary N) is 1. The van der Waals surface area contributed by atoms with Crippen LogP contribution in [0.4, 0.5) is 5.69 Å². The predicted octanol–water partition coefficient (Wildman–Crippen LogP) is 4.85. The van der Waals surface area contributed by atoms with E-state index in [1.807, 2.05) is 65.6 Å². The second-order valence-electron chi connectivity index (χ2n) is 6.90. The molecular formula is C23H22N2O2. The largest absolute Gasteiger partial charge is 0.334 e. The monoisotopic (exact) mass is 358 g/mol. The van der Waals surface area contributed by atoms with Gasteiger partial charge >= 0.3 is 0 Å². The topological polar surface area (TPSA) is 49.4 Å². The SMILES string of the molecule is CCCCN1Cc2cccc(NC(=O)c3cccc4ccccc34)c2C1=O. The molecule has 0 radical (unpaired) electrons. The molecule has 0 atom stereocenters. The van der Waals surface area contributed by atoms with Gasteiger partial charge in [0, 0.05) is 18.7 Å². The third-order valence-electron chi connectivity index (χ3n) is 5.08. The molecule has 0 spiro atoms. The first-order valence-electron chi connectivity index (χ1n) is 9.39. The molecule has 1 aliphatic heterocycles. The van der Waals surface area contributed by atoms with Crippen LogP contribution in [0.25, 0.3) is 10.8 Å². The number of unbranched alkanes of at least 4 members (excludes halogenated alkanes) is 1. The van der Waals surface area contributed by atoms with Crippen LogP contribution in [0.5, 0.6) is 0 Å². The number of nitrogens with zero attached hydrogens (tertiary/aromatic N) is 1. The second kappa shape index (κ2) is 7.23. The Balaban J connectivity index is 1.64. The number of hydrogen-bond donors (Lipinski definition) is 1. The van der Waals surface area contributed by atoms with Crippen molar-refractivity contribution in [3.63, 3.8) is 0 Å². The van der Waals surface area contributed by atoms with Crippen LogP contribution in [0.2, 0.25) is 0 Å². The van der Waals surface area contributed by atoms with Gasteiger partial charge in [0.25, 0.3) is 11.8 Å². The first-order valence-corrected chi connectivity index (χ1v) is 9.39. The molecule has 4 nitrogen and oxygen atoms in total. The van der Waals surface area contributed by atoms with Gasteiger partial charge in [0.1, 0.15) is 0 Å². The van der Waals surface area contributed by atoms with Crippen LogP contribution in [0, 0.1) is 0 Å². The zero-order chi connectivity index (χ0) is 18.8. The van der Waals surface area contributed by atoms with Crippen molar-refractivity contribution in [1.29, 1.82) is 0 Å². The summed E-state index contributed by atoms with van der Waals surface area (Å²) in [5.41, 5.74) is 2.81. The number of rotatable bonds is 5. The Morgan fingerprint density at radius 3 is 2.67 bits per heavy atom. The van der Waals surface area contributed by atoms with Gasteiger partial charge in [0.05, 0.1) is 11.3 Å². The molecule has 136 valence electrons. The Labute approximate surface area is 158 Å². The van der Waals surface area contributed by atoms with Crippen LogP contribution in [0.3, 0.4) is 0 Å². The molecule has 0 fully saturated rings. The summed E-state index contributed by atoms with van der Waals surface area (Å²) in [5, 5.41) is 4.89. The van der Waals surface area contributed by atoms with Crippen molar-refractivity contribution in [2.75, 3.05) is 11.9 Å². The molecule has 1 N–H and O–H groups in total. The summed E-state index contributed by atoms with van der Waals surface area (Å²) in [4.78, 5) is 27.6. The lowest BCUT2D eigenvalue weighted by atomic mass is 10.0. The first kappa shape index (κ1) is 17.3. The molecule has 3 aromatic rings. The molecule has 0 aromatic heterocycles. The van der Waals surface area contributed by atoms with E-state index in [9.17, 15) is 9.59 Å². The fourth-order valence-electron chi connectivity index (χ4n) is 3.67. The van der Waals surface area contributed by atoms with E-state index >= 15 is 0 Å². The van der Waals surface area contributed by atoms with Crippen LogP contribution in [0.15, 0.2) is 60.7 Å². The molecule has 1 aliphatic rings. The van der Waals surface area contributed by atoms with Crippen LogP contribution >= 0.6 is 0 Å². The number of amides is 2. The minimum atomic E-state index is -0.194. The summed E-state index contributed by atoms with van der Waals surface area (Å²) < 4.78 is 0. The highest BCUT2D eigenvalue weighted by Gasteiger charge is 2.30. The van der Waals surface area contributed by atoms with Gasteiger partial charge in [-0.2, -0.15) is 0 Å². The van der Waals surface area contributed by atoms with E-state index in [-0.39, 0.29) is 11.8 Å². The molecule has 3 aromatic carbocycles. The van der Waals surface area contributed by atoms with Crippen LogP contribution in [-0.2, 0) is 6.54 Å². The molecular weight excluding hydrogens is 336 g/mol. The van der Waals surface area contributed by atoms with Gasteiger partial charge in [-0.05, 0) is 34.9 Å². The molecule has 0 saturated carbocycles. The van der Waals surface area contributed by atoms with Crippen molar-refractivity contribution in [1.82, 2.24) is 4.90 Å². The summed E-state index contributed by atoms with van der Waals surface area (Å²) in [5.74, 6) is -0.188. The number of benzene rings is 3. The zero-order valence-corrected chi connectivity index (χ0v) is 15.4. The predicted molar refractivity (Wildman–Crippen MR) is 108 cm³/mol. The van der Waals surface area contributed by atoms with Crippen molar-refractivity contribution in [3.05, 3.63) is 77.4 Å². The molecule has 4 rings (SSSR count). The number of fused-ring (bicyclic) bond motifs is 2. The van der Waals surface area contributed by atoms with Gasteiger partial charge in [0.2, 0.25) is 0 Å². The summed E-state index contributed by atoms with van der Waals surface area (Å²) in [6.07, 6.45) is 2.03. The average Bonchev–Trinajstić information content (AvgIpc) is 3.02. The van der Waals surface area contributed by atoms with Crippen LogP contribution in [-0.4, -0.2) is 23.3 Å². The lowest BCUT2D eigenvalue weighted by Gasteiger charge is -2.15. The Morgan fingerprint density at radius 2 is 1.81 bits per heavy atom. The van der Waals surface area contributed by atoms with E-state index in [4.69, 9.17) is 0 Å². The average molecular weight is 358 g/mol. The van der Waals surface area contributed by atoms with Crippen LogP contribution in [0.1, 0.15) is 46.0 Å². The lowest BCUT2D eigenvalue weighted by Crippen LogP contribution is -2.25. The molecule has 0 aliphatic carbocycles. The van der Waals surface area contributed by atoms with Crippen molar-refractivity contribution in [2.45, 2.75) is 26.3 Å². The van der Waals surface area contributed by atoms with E-state index < -0.39 is 0 Å². The van der Waals surface area contributed by atoms with Crippen molar-refractivity contribution < 1.29 is 9.59 Å². The fourth-order valence-corrected chi connectivity index (χ4v) is 3.67. The van der Waals surface area contributed by atoms with Crippen molar-refractivity contribution in [2.24, 2.45) is 0 Å². The zero-order valence-electron chi connectivity index (χ0n) is 15.4. The standard InChI is InChI=1S/C23H22N2O2/c1-2-3-14-25-15-17-10-7-13-20(21(17)23(25)27)24-22(26)19-12-6-9-16-8-4-5-11-18(16)19/h4-13H,2-3,14-15H2,1H3,(H,24,26). The Kier molecular flexibility index (Phi) is 4.63. The minimum absolute atomic E-state index is 0.00673. The molecule has 0 saturated heterocycles. The third kappa shape index (κ3) is 3.19. The highest BCUT2D eigenvalue weighted by molar-refractivity contribution is 6.15. The van der Waals surface area contributed by atoms with Gasteiger partial charge < -0.3 is 10.2 Å². The Hall–Kier alpha value is -3.14. The van der Waals surface area contributed by atoms with Gasteiger partial charge in [-0.15, -0.1) is 0 Å².